The molecule has 0 aromatic carbocycles. The van der Waals surface area contributed by atoms with Crippen LogP contribution in [0.25, 0.3) is 0 Å². The van der Waals surface area contributed by atoms with Crippen molar-refractivity contribution >= 4 is 23.9 Å². The van der Waals surface area contributed by atoms with Crippen LogP contribution in [0.2, 0.25) is 0 Å². The molecule has 0 aliphatic carbocycles. The van der Waals surface area contributed by atoms with Crippen molar-refractivity contribution in [3.05, 3.63) is 0 Å². The smallest absolute Gasteiger partial charge is 0.303 e. The molecule has 8 heteroatoms. The maximum Gasteiger partial charge on any atom is 0.303 e. The van der Waals surface area contributed by atoms with Crippen LogP contribution < -0.4 is 0 Å². The molecule has 0 heterocycles. The monoisotopic (exact) mass is 394 g/mol. The third kappa shape index (κ3) is 68.9. The Kier molecular flexibility index (Phi) is 34.6. The largest absolute Gasteiger partial charge is 0.481 e. The van der Waals surface area contributed by atoms with Crippen LogP contribution in [0.15, 0.2) is 0 Å². The SMILES string of the molecule is CCCC(=O)O.CCCCC(=O)O.CCCCC(=O)O.CCCCC(=O)O. The average molecular weight is 395 g/mol. The van der Waals surface area contributed by atoms with Gasteiger partial charge in [-0.1, -0.05) is 47.0 Å². The van der Waals surface area contributed by atoms with Gasteiger partial charge in [-0.25, -0.2) is 0 Å². The van der Waals surface area contributed by atoms with Crippen LogP contribution in [-0.4, -0.2) is 44.3 Å². The van der Waals surface area contributed by atoms with Gasteiger partial charge < -0.3 is 20.4 Å². The molecule has 0 aliphatic heterocycles. The summed E-state index contributed by atoms with van der Waals surface area (Å²) in [4.78, 5) is 38.9. The molecule has 0 atom stereocenters. The summed E-state index contributed by atoms with van der Waals surface area (Å²) in [5.74, 6) is -2.79. The van der Waals surface area contributed by atoms with Gasteiger partial charge >= 0.3 is 23.9 Å². The number of aliphatic carboxylic acids is 4. The predicted octanol–water partition coefficient (Wildman–Crippen LogP) is 4.65. The van der Waals surface area contributed by atoms with Gasteiger partial charge in [0.2, 0.25) is 0 Å². The maximum atomic E-state index is 9.76. The van der Waals surface area contributed by atoms with E-state index in [9.17, 15) is 19.2 Å². The van der Waals surface area contributed by atoms with Crippen LogP contribution in [0.4, 0.5) is 0 Å². The molecule has 0 bridgehead atoms. The molecule has 0 spiro atoms. The Morgan fingerprint density at radius 1 is 0.444 bits per heavy atom. The average Bonchev–Trinajstić information content (AvgIpc) is 2.57. The van der Waals surface area contributed by atoms with Crippen molar-refractivity contribution in [1.82, 2.24) is 0 Å². The first-order valence-corrected chi connectivity index (χ1v) is 9.45. The van der Waals surface area contributed by atoms with Crippen molar-refractivity contribution in [3.63, 3.8) is 0 Å². The number of hydrogen-bond acceptors (Lipinski definition) is 4. The van der Waals surface area contributed by atoms with Crippen LogP contribution >= 0.6 is 0 Å². The zero-order valence-corrected chi connectivity index (χ0v) is 17.2. The Labute approximate surface area is 162 Å². The van der Waals surface area contributed by atoms with Crippen molar-refractivity contribution in [2.45, 2.75) is 98.3 Å². The minimum atomic E-state index is -0.711. The summed E-state index contributed by atoms with van der Waals surface area (Å²) in [6.07, 6.45) is 7.27. The first-order valence-electron chi connectivity index (χ1n) is 9.45. The highest BCUT2D eigenvalue weighted by atomic mass is 16.4. The number of rotatable bonds is 11. The van der Waals surface area contributed by atoms with Crippen LogP contribution in [0.1, 0.15) is 98.3 Å². The van der Waals surface area contributed by atoms with Crippen LogP contribution in [0.3, 0.4) is 0 Å². The molecule has 162 valence electrons. The molecule has 0 aromatic rings. The topological polar surface area (TPSA) is 149 Å². The Balaban J connectivity index is -0.000000131. The molecule has 0 amide bonds. The third-order valence-corrected chi connectivity index (χ3v) is 2.70. The number of carbonyl (C=O) groups is 4. The summed E-state index contributed by atoms with van der Waals surface area (Å²) in [6, 6.07) is 0. The van der Waals surface area contributed by atoms with E-state index in [1.165, 1.54) is 0 Å². The lowest BCUT2D eigenvalue weighted by atomic mass is 10.3. The minimum absolute atomic E-state index is 0.292. The zero-order chi connectivity index (χ0) is 22.1. The van der Waals surface area contributed by atoms with E-state index in [0.717, 1.165) is 44.9 Å². The number of carboxylic acid groups (broad SMARTS) is 4. The lowest BCUT2D eigenvalue weighted by Crippen LogP contribution is -1.91. The molecule has 0 aromatic heterocycles. The second kappa shape index (κ2) is 28.7. The Morgan fingerprint density at radius 3 is 0.704 bits per heavy atom. The summed E-state index contributed by atoms with van der Waals surface area (Å²) in [7, 11) is 0. The Hall–Kier alpha value is -2.12. The number of unbranched alkanes of at least 4 members (excludes halogenated alkanes) is 3. The lowest BCUT2D eigenvalue weighted by molar-refractivity contribution is -0.138. The Bertz CT molecular complexity index is 324. The predicted molar refractivity (Wildman–Crippen MR) is 104 cm³/mol. The van der Waals surface area contributed by atoms with Gasteiger partial charge in [0.1, 0.15) is 0 Å². The van der Waals surface area contributed by atoms with Gasteiger partial charge in [-0.05, 0) is 25.7 Å². The van der Waals surface area contributed by atoms with Crippen molar-refractivity contribution in [1.29, 1.82) is 0 Å². The summed E-state index contributed by atoms with van der Waals surface area (Å²) in [6.45, 7) is 7.77. The van der Waals surface area contributed by atoms with Crippen molar-refractivity contribution in [2.24, 2.45) is 0 Å². The first-order chi connectivity index (χ1) is 12.6. The molecule has 0 unspecified atom stereocenters. The van der Waals surface area contributed by atoms with Crippen molar-refractivity contribution in [3.8, 4) is 0 Å². The maximum absolute atomic E-state index is 9.76. The van der Waals surface area contributed by atoms with Gasteiger partial charge in [0.15, 0.2) is 0 Å². The minimum Gasteiger partial charge on any atom is -0.481 e. The fraction of sp³-hybridized carbons (Fsp3) is 0.789. The van der Waals surface area contributed by atoms with E-state index < -0.39 is 23.9 Å². The molecular weight excluding hydrogens is 356 g/mol. The van der Waals surface area contributed by atoms with Gasteiger partial charge in [-0.2, -0.15) is 0 Å². The van der Waals surface area contributed by atoms with Gasteiger partial charge in [0, 0.05) is 25.7 Å². The normalized spacial score (nSPS) is 8.59. The molecule has 0 saturated carbocycles. The molecule has 0 fully saturated rings. The second-order valence-electron chi connectivity index (χ2n) is 5.64. The quantitative estimate of drug-likeness (QED) is 0.395. The van der Waals surface area contributed by atoms with E-state index >= 15 is 0 Å². The Morgan fingerprint density at radius 2 is 0.667 bits per heavy atom. The molecule has 27 heavy (non-hydrogen) atoms. The lowest BCUT2D eigenvalue weighted by Gasteiger charge is -1.85. The van der Waals surface area contributed by atoms with E-state index in [2.05, 4.69) is 0 Å². The van der Waals surface area contributed by atoms with E-state index in [1.54, 1.807) is 0 Å². The summed E-state index contributed by atoms with van der Waals surface area (Å²) >= 11 is 0. The second-order valence-corrected chi connectivity index (χ2v) is 5.64. The van der Waals surface area contributed by atoms with Gasteiger partial charge in [0.25, 0.3) is 0 Å². The van der Waals surface area contributed by atoms with Gasteiger partial charge in [0.05, 0.1) is 0 Å². The molecule has 0 saturated heterocycles. The van der Waals surface area contributed by atoms with E-state index in [1.807, 2.05) is 27.7 Å². The van der Waals surface area contributed by atoms with Crippen LogP contribution in [-0.2, 0) is 19.2 Å². The fourth-order valence-corrected chi connectivity index (χ4v) is 1.20. The highest BCUT2D eigenvalue weighted by Gasteiger charge is 1.92. The number of carboxylic acids is 4. The highest BCUT2D eigenvalue weighted by molar-refractivity contribution is 5.67. The van der Waals surface area contributed by atoms with E-state index in [-0.39, 0.29) is 0 Å². The van der Waals surface area contributed by atoms with Crippen molar-refractivity contribution in [2.75, 3.05) is 0 Å². The first kappa shape index (κ1) is 32.5. The molecule has 4 N–H and O–H groups in total. The molecule has 0 aliphatic rings. The highest BCUT2D eigenvalue weighted by Crippen LogP contribution is 1.92. The van der Waals surface area contributed by atoms with Gasteiger partial charge in [-0.15, -0.1) is 0 Å². The summed E-state index contributed by atoms with van der Waals surface area (Å²) in [5.41, 5.74) is 0. The molecule has 0 rings (SSSR count). The molecular formula is C19H38O8. The van der Waals surface area contributed by atoms with E-state index in [0.29, 0.717) is 25.7 Å². The molecule has 8 nitrogen and oxygen atoms in total. The fourth-order valence-electron chi connectivity index (χ4n) is 1.20. The van der Waals surface area contributed by atoms with Crippen LogP contribution in [0, 0.1) is 0 Å². The van der Waals surface area contributed by atoms with E-state index in [4.69, 9.17) is 20.4 Å². The standard InChI is InChI=1S/3C5H10O2.C4H8O2/c3*1-2-3-4-5(6)7;1-2-3-4(5)6/h3*2-4H2,1H3,(H,6,7);2-3H2,1H3,(H,5,6). The van der Waals surface area contributed by atoms with Gasteiger partial charge in [-0.3, -0.25) is 19.2 Å². The van der Waals surface area contributed by atoms with Crippen molar-refractivity contribution < 1.29 is 39.6 Å². The molecule has 0 radical (unpaired) electrons. The summed E-state index contributed by atoms with van der Waals surface area (Å²) in [5, 5.41) is 32.0. The van der Waals surface area contributed by atoms with Crippen LogP contribution in [0.5, 0.6) is 0 Å². The summed E-state index contributed by atoms with van der Waals surface area (Å²) < 4.78 is 0. The number of hydrogen-bond donors (Lipinski definition) is 4. The zero-order valence-electron chi connectivity index (χ0n) is 17.2. The third-order valence-electron chi connectivity index (χ3n) is 2.70.